The predicted octanol–water partition coefficient (Wildman–Crippen LogP) is 3.84. The summed E-state index contributed by atoms with van der Waals surface area (Å²) in [6.07, 6.45) is 3.73. The summed E-state index contributed by atoms with van der Waals surface area (Å²) >= 11 is 0. The van der Waals surface area contributed by atoms with Gasteiger partial charge in [-0.3, -0.25) is 0 Å². The molecule has 0 aliphatic heterocycles. The average molecular weight is 251 g/mol. The molecule has 1 aliphatic carbocycles. The first-order chi connectivity index (χ1) is 9.15. The van der Waals surface area contributed by atoms with Gasteiger partial charge >= 0.3 is 0 Å². The van der Waals surface area contributed by atoms with Crippen molar-refractivity contribution >= 4 is 0 Å². The van der Waals surface area contributed by atoms with E-state index in [0.717, 1.165) is 0 Å². The van der Waals surface area contributed by atoms with Crippen LogP contribution in [0.25, 0.3) is 0 Å². The van der Waals surface area contributed by atoms with E-state index in [2.05, 4.69) is 50.2 Å². The fourth-order valence-corrected chi connectivity index (χ4v) is 2.94. The highest BCUT2D eigenvalue weighted by Crippen LogP contribution is 2.27. The van der Waals surface area contributed by atoms with E-state index in [1.165, 1.54) is 52.6 Å². The lowest BCUT2D eigenvalue weighted by molar-refractivity contribution is 0.864. The van der Waals surface area contributed by atoms with Crippen LogP contribution in [0.3, 0.4) is 0 Å². The van der Waals surface area contributed by atoms with Crippen molar-refractivity contribution in [3.8, 4) is 0 Å². The molecule has 0 bridgehead atoms. The van der Waals surface area contributed by atoms with E-state index in [1.807, 2.05) is 0 Å². The number of hydrogen-bond donors (Lipinski definition) is 1. The highest BCUT2D eigenvalue weighted by Gasteiger charge is 2.15. The molecule has 0 aromatic heterocycles. The lowest BCUT2D eigenvalue weighted by Crippen LogP contribution is -2.12. The highest BCUT2D eigenvalue weighted by atomic mass is 14.6. The van der Waals surface area contributed by atoms with Crippen LogP contribution in [0.1, 0.15) is 45.8 Å². The maximum absolute atomic E-state index is 6.43. The maximum atomic E-state index is 6.43. The largest absolute Gasteiger partial charge is 0.320 e. The van der Waals surface area contributed by atoms with Crippen molar-refractivity contribution in [1.82, 2.24) is 0 Å². The highest BCUT2D eigenvalue weighted by molar-refractivity contribution is 5.41. The van der Waals surface area contributed by atoms with Crippen molar-refractivity contribution < 1.29 is 0 Å². The van der Waals surface area contributed by atoms with Gasteiger partial charge in [-0.25, -0.2) is 0 Å². The molecule has 0 radical (unpaired) electrons. The summed E-state index contributed by atoms with van der Waals surface area (Å²) in [5.74, 6) is 0. The standard InChI is InChI=1S/C18H21N/c1-12-6-7-16(10-13(12)2)18(19)17-9-8-14-4-3-5-15(14)11-17/h6-11,18H,3-5,19H2,1-2H3. The van der Waals surface area contributed by atoms with Crippen LogP contribution in [0.4, 0.5) is 0 Å². The molecule has 3 rings (SSSR count). The molecular weight excluding hydrogens is 230 g/mol. The summed E-state index contributed by atoms with van der Waals surface area (Å²) in [6.45, 7) is 4.29. The Morgan fingerprint density at radius 3 is 2.32 bits per heavy atom. The predicted molar refractivity (Wildman–Crippen MR) is 80.4 cm³/mol. The van der Waals surface area contributed by atoms with E-state index in [9.17, 15) is 0 Å². The Morgan fingerprint density at radius 2 is 1.53 bits per heavy atom. The van der Waals surface area contributed by atoms with Gasteiger partial charge in [-0.1, -0.05) is 36.4 Å². The van der Waals surface area contributed by atoms with Crippen LogP contribution < -0.4 is 5.73 Å². The second-order valence-electron chi connectivity index (χ2n) is 5.70. The number of aryl methyl sites for hydroxylation is 4. The number of rotatable bonds is 2. The van der Waals surface area contributed by atoms with Crippen LogP contribution in [0.5, 0.6) is 0 Å². The quantitative estimate of drug-likeness (QED) is 0.862. The maximum Gasteiger partial charge on any atom is 0.0551 e. The molecule has 1 heteroatoms. The lowest BCUT2D eigenvalue weighted by Gasteiger charge is -2.15. The van der Waals surface area contributed by atoms with Crippen LogP contribution in [0, 0.1) is 13.8 Å². The summed E-state index contributed by atoms with van der Waals surface area (Å²) in [7, 11) is 0. The number of fused-ring (bicyclic) bond motifs is 1. The molecule has 19 heavy (non-hydrogen) atoms. The van der Waals surface area contributed by atoms with Crippen LogP contribution in [-0.4, -0.2) is 0 Å². The normalized spacial score (nSPS) is 15.3. The van der Waals surface area contributed by atoms with Gasteiger partial charge in [0.2, 0.25) is 0 Å². The van der Waals surface area contributed by atoms with Crippen molar-refractivity contribution in [2.45, 2.75) is 39.2 Å². The summed E-state index contributed by atoms with van der Waals surface area (Å²) < 4.78 is 0. The molecule has 1 nitrogen and oxygen atoms in total. The second kappa shape index (κ2) is 4.82. The first kappa shape index (κ1) is 12.4. The monoisotopic (exact) mass is 251 g/mol. The summed E-state index contributed by atoms with van der Waals surface area (Å²) in [6, 6.07) is 13.3. The Bertz CT molecular complexity index is 613. The molecule has 98 valence electrons. The first-order valence-electron chi connectivity index (χ1n) is 7.09. The van der Waals surface area contributed by atoms with Crippen molar-refractivity contribution in [1.29, 1.82) is 0 Å². The van der Waals surface area contributed by atoms with Gasteiger partial charge in [-0.15, -0.1) is 0 Å². The van der Waals surface area contributed by atoms with Gasteiger partial charge < -0.3 is 5.73 Å². The van der Waals surface area contributed by atoms with Gasteiger partial charge in [0.25, 0.3) is 0 Å². The lowest BCUT2D eigenvalue weighted by atomic mass is 9.94. The van der Waals surface area contributed by atoms with Crippen molar-refractivity contribution in [3.63, 3.8) is 0 Å². The van der Waals surface area contributed by atoms with Crippen molar-refractivity contribution in [2.24, 2.45) is 5.73 Å². The molecule has 1 aliphatic rings. The molecule has 2 aromatic carbocycles. The molecule has 1 unspecified atom stereocenters. The SMILES string of the molecule is Cc1ccc(C(N)c2ccc3c(c2)CCC3)cc1C. The Labute approximate surface area is 115 Å². The second-order valence-corrected chi connectivity index (χ2v) is 5.70. The van der Waals surface area contributed by atoms with E-state index < -0.39 is 0 Å². The van der Waals surface area contributed by atoms with E-state index in [0.29, 0.717) is 0 Å². The Hall–Kier alpha value is -1.60. The van der Waals surface area contributed by atoms with Crippen LogP contribution in [0.2, 0.25) is 0 Å². The topological polar surface area (TPSA) is 26.0 Å². The molecule has 0 saturated carbocycles. The van der Waals surface area contributed by atoms with Gasteiger partial charge in [0.05, 0.1) is 6.04 Å². The van der Waals surface area contributed by atoms with Gasteiger partial charge in [-0.05, 0) is 66.5 Å². The molecule has 1 atom stereocenters. The number of nitrogens with two attached hydrogens (primary N) is 1. The van der Waals surface area contributed by atoms with E-state index in [1.54, 1.807) is 0 Å². The Kier molecular flexibility index (Phi) is 3.16. The molecular formula is C18H21N. The smallest absolute Gasteiger partial charge is 0.0551 e. The molecule has 0 amide bonds. The number of hydrogen-bond acceptors (Lipinski definition) is 1. The first-order valence-corrected chi connectivity index (χ1v) is 7.09. The summed E-state index contributed by atoms with van der Waals surface area (Å²) in [5, 5.41) is 0. The van der Waals surface area contributed by atoms with E-state index in [-0.39, 0.29) is 6.04 Å². The average Bonchev–Trinajstić information content (AvgIpc) is 2.88. The van der Waals surface area contributed by atoms with Gasteiger partial charge in [0.15, 0.2) is 0 Å². The van der Waals surface area contributed by atoms with Crippen LogP contribution >= 0.6 is 0 Å². The molecule has 0 spiro atoms. The summed E-state index contributed by atoms with van der Waals surface area (Å²) in [4.78, 5) is 0. The third-order valence-corrected chi connectivity index (χ3v) is 4.37. The zero-order valence-corrected chi connectivity index (χ0v) is 11.7. The zero-order chi connectivity index (χ0) is 13.4. The third-order valence-electron chi connectivity index (χ3n) is 4.37. The van der Waals surface area contributed by atoms with Gasteiger partial charge in [-0.2, -0.15) is 0 Å². The van der Waals surface area contributed by atoms with Crippen LogP contribution in [0.15, 0.2) is 36.4 Å². The zero-order valence-electron chi connectivity index (χ0n) is 11.7. The minimum Gasteiger partial charge on any atom is -0.320 e. The van der Waals surface area contributed by atoms with Gasteiger partial charge in [0, 0.05) is 0 Å². The van der Waals surface area contributed by atoms with E-state index in [4.69, 9.17) is 5.73 Å². The third kappa shape index (κ3) is 2.31. The minimum atomic E-state index is -0.00907. The van der Waals surface area contributed by atoms with Crippen molar-refractivity contribution in [3.05, 3.63) is 69.8 Å². The fourth-order valence-electron chi connectivity index (χ4n) is 2.94. The molecule has 2 aromatic rings. The Balaban J connectivity index is 1.94. The fraction of sp³-hybridized carbons (Fsp3) is 0.333. The molecule has 0 saturated heterocycles. The Morgan fingerprint density at radius 1 is 0.842 bits per heavy atom. The molecule has 0 fully saturated rings. The van der Waals surface area contributed by atoms with E-state index >= 15 is 0 Å². The number of benzene rings is 2. The minimum absolute atomic E-state index is 0.00907. The molecule has 0 heterocycles. The van der Waals surface area contributed by atoms with Crippen LogP contribution in [-0.2, 0) is 12.8 Å². The molecule has 2 N–H and O–H groups in total. The van der Waals surface area contributed by atoms with Crippen molar-refractivity contribution in [2.75, 3.05) is 0 Å². The van der Waals surface area contributed by atoms with Gasteiger partial charge in [0.1, 0.15) is 0 Å². The summed E-state index contributed by atoms with van der Waals surface area (Å²) in [5.41, 5.74) is 14.5.